The third kappa shape index (κ3) is 3.32. The van der Waals surface area contributed by atoms with Crippen molar-refractivity contribution < 1.29 is 0 Å². The molecule has 0 aliphatic heterocycles. The second kappa shape index (κ2) is 7.90. The van der Waals surface area contributed by atoms with Crippen LogP contribution in [0, 0.1) is 70.6 Å². The van der Waals surface area contributed by atoms with Gasteiger partial charge in [-0.2, -0.15) is 0 Å². The van der Waals surface area contributed by atoms with Gasteiger partial charge in [0, 0.05) is 11.3 Å². The van der Waals surface area contributed by atoms with Gasteiger partial charge in [-0.1, -0.05) is 30.6 Å². The zero-order valence-corrected chi connectivity index (χ0v) is 19.2. The van der Waals surface area contributed by atoms with Crippen LogP contribution < -0.4 is 0 Å². The van der Waals surface area contributed by atoms with Crippen molar-refractivity contribution in [2.24, 2.45) is 5.92 Å². The van der Waals surface area contributed by atoms with Gasteiger partial charge >= 0.3 is 0 Å². The molecular formula is C30H34. The summed E-state index contributed by atoms with van der Waals surface area (Å²) in [6.07, 6.45) is 24.4. The summed E-state index contributed by atoms with van der Waals surface area (Å²) in [7, 11) is 0. The number of fused-ring (bicyclic) bond motifs is 2. The quantitative estimate of drug-likeness (QED) is 0.381. The maximum atomic E-state index is 6.36. The topological polar surface area (TPSA) is 0 Å². The number of terminal acetylenes is 3. The van der Waals surface area contributed by atoms with Gasteiger partial charge in [-0.25, -0.2) is 0 Å². The van der Waals surface area contributed by atoms with Crippen LogP contribution in [0.15, 0.2) is 24.3 Å². The highest BCUT2D eigenvalue weighted by molar-refractivity contribution is 5.63. The number of hydrogen-bond acceptors (Lipinski definition) is 0. The van der Waals surface area contributed by atoms with Gasteiger partial charge in [0.1, 0.15) is 0 Å². The van der Waals surface area contributed by atoms with Crippen molar-refractivity contribution in [3.63, 3.8) is 0 Å². The van der Waals surface area contributed by atoms with Gasteiger partial charge in [0.2, 0.25) is 0 Å². The van der Waals surface area contributed by atoms with Crippen LogP contribution in [0.1, 0.15) is 78.3 Å². The van der Waals surface area contributed by atoms with E-state index in [4.69, 9.17) is 19.3 Å². The molecule has 2 aliphatic carbocycles. The zero-order chi connectivity index (χ0) is 22.3. The molecule has 0 heteroatoms. The second-order valence-electron chi connectivity index (χ2n) is 9.71. The Morgan fingerprint density at radius 2 is 1.67 bits per heavy atom. The molecule has 1 spiro atoms. The average Bonchev–Trinajstić information content (AvgIpc) is 3.24. The third-order valence-electron chi connectivity index (χ3n) is 8.01. The molecule has 0 aromatic heterocycles. The minimum atomic E-state index is -0.278. The van der Waals surface area contributed by atoms with Gasteiger partial charge in [-0.15, -0.1) is 25.2 Å². The monoisotopic (exact) mass is 394 g/mol. The molecule has 0 heterocycles. The van der Waals surface area contributed by atoms with Crippen molar-refractivity contribution in [1.29, 1.82) is 0 Å². The molecule has 0 radical (unpaired) electrons. The van der Waals surface area contributed by atoms with Crippen LogP contribution in [-0.2, 0) is 10.8 Å². The van der Waals surface area contributed by atoms with Gasteiger partial charge in [0.25, 0.3) is 0 Å². The predicted molar refractivity (Wildman–Crippen MR) is 129 cm³/mol. The molecule has 0 amide bonds. The van der Waals surface area contributed by atoms with Crippen molar-refractivity contribution >= 4 is 0 Å². The van der Waals surface area contributed by atoms with Crippen LogP contribution in [0.25, 0.3) is 0 Å². The Labute approximate surface area is 184 Å². The summed E-state index contributed by atoms with van der Waals surface area (Å²) >= 11 is 0. The molecule has 1 aromatic carbocycles. The van der Waals surface area contributed by atoms with Crippen molar-refractivity contribution in [2.75, 3.05) is 0 Å². The molecule has 3 rings (SSSR count). The lowest BCUT2D eigenvalue weighted by atomic mass is 9.72. The van der Waals surface area contributed by atoms with Crippen molar-refractivity contribution in [3.05, 3.63) is 57.7 Å². The molecule has 0 saturated heterocycles. The van der Waals surface area contributed by atoms with Crippen LogP contribution in [0.2, 0.25) is 0 Å². The lowest BCUT2D eigenvalue weighted by Crippen LogP contribution is -2.27. The van der Waals surface area contributed by atoms with E-state index in [0.717, 1.165) is 44.1 Å². The van der Waals surface area contributed by atoms with E-state index < -0.39 is 0 Å². The van der Waals surface area contributed by atoms with Gasteiger partial charge < -0.3 is 0 Å². The highest BCUT2D eigenvalue weighted by Gasteiger charge is 2.54. The molecule has 3 unspecified atom stereocenters. The minimum Gasteiger partial charge on any atom is -0.120 e. The van der Waals surface area contributed by atoms with Gasteiger partial charge in [-0.05, 0) is 112 Å². The second-order valence-corrected chi connectivity index (χ2v) is 9.71. The van der Waals surface area contributed by atoms with Crippen LogP contribution in [0.4, 0.5) is 0 Å². The van der Waals surface area contributed by atoms with E-state index in [9.17, 15) is 0 Å². The Kier molecular flexibility index (Phi) is 5.81. The van der Waals surface area contributed by atoms with Crippen LogP contribution >= 0.6 is 0 Å². The fourth-order valence-electron chi connectivity index (χ4n) is 6.19. The maximum absolute atomic E-state index is 6.36. The summed E-state index contributed by atoms with van der Waals surface area (Å²) in [5.74, 6) is 8.94. The zero-order valence-electron chi connectivity index (χ0n) is 19.2. The molecule has 154 valence electrons. The first kappa shape index (κ1) is 22.1. The largest absolute Gasteiger partial charge is 0.120 e. The summed E-state index contributed by atoms with van der Waals surface area (Å²) in [5, 5.41) is 0. The van der Waals surface area contributed by atoms with E-state index in [2.05, 4.69) is 58.6 Å². The molecule has 2 aliphatic rings. The molecule has 0 N–H and O–H groups in total. The van der Waals surface area contributed by atoms with E-state index in [1.165, 1.54) is 39.0 Å². The lowest BCUT2D eigenvalue weighted by molar-refractivity contribution is 0.346. The smallest absolute Gasteiger partial charge is 0.0574 e. The highest BCUT2D eigenvalue weighted by Crippen LogP contribution is 2.61. The van der Waals surface area contributed by atoms with E-state index in [1.54, 1.807) is 0 Å². The van der Waals surface area contributed by atoms with E-state index in [1.807, 2.05) is 0 Å². The summed E-state index contributed by atoms with van der Waals surface area (Å²) < 4.78 is 0. The number of rotatable bonds is 5. The van der Waals surface area contributed by atoms with Crippen molar-refractivity contribution in [2.45, 2.75) is 83.5 Å². The fourth-order valence-corrected chi connectivity index (χ4v) is 6.19. The molecule has 0 nitrogen and oxygen atoms in total. The Bertz CT molecular complexity index is 1040. The third-order valence-corrected chi connectivity index (χ3v) is 8.01. The van der Waals surface area contributed by atoms with Crippen LogP contribution in [0.5, 0.6) is 0 Å². The van der Waals surface area contributed by atoms with E-state index in [0.29, 0.717) is 6.42 Å². The normalized spacial score (nSPS) is 25.4. The molecule has 1 aromatic rings. The number of benzene rings is 1. The first-order valence-corrected chi connectivity index (χ1v) is 11.0. The first-order chi connectivity index (χ1) is 14.1. The van der Waals surface area contributed by atoms with Crippen LogP contribution in [0.3, 0.4) is 0 Å². The minimum absolute atomic E-state index is 0.0743. The Hall–Kier alpha value is -2.62. The van der Waals surface area contributed by atoms with Crippen LogP contribution in [-0.4, -0.2) is 0 Å². The summed E-state index contributed by atoms with van der Waals surface area (Å²) in [6.45, 7) is 17.3. The van der Waals surface area contributed by atoms with E-state index in [-0.39, 0.29) is 16.7 Å². The first-order valence-electron chi connectivity index (χ1n) is 11.0. The van der Waals surface area contributed by atoms with Gasteiger partial charge in [0.05, 0.1) is 5.41 Å². The Morgan fingerprint density at radius 1 is 1.03 bits per heavy atom. The molecule has 1 saturated carbocycles. The standard InChI is InChI=1S/C30H34/c1-10-20(4)17-26(11-2)14-16-29(12-3)19-30(15-13-21(5)18-30)28-25(9)23(7)22(6)24(8)27(28)29/h1-3,26H,4-5,13-19H2,6-9H3. The molecule has 3 atom stereocenters. The predicted octanol–water partition coefficient (Wildman–Crippen LogP) is 6.78. The van der Waals surface area contributed by atoms with E-state index >= 15 is 0 Å². The molecule has 0 bridgehead atoms. The van der Waals surface area contributed by atoms with Crippen molar-refractivity contribution in [3.8, 4) is 37.0 Å². The van der Waals surface area contributed by atoms with Gasteiger partial charge in [-0.3, -0.25) is 0 Å². The Morgan fingerprint density at radius 3 is 2.17 bits per heavy atom. The average molecular weight is 395 g/mol. The highest BCUT2D eigenvalue weighted by atomic mass is 14.6. The Balaban J connectivity index is 2.11. The summed E-state index contributed by atoms with van der Waals surface area (Å²) in [5.41, 5.74) is 10.5. The number of hydrogen-bond donors (Lipinski definition) is 0. The molecular weight excluding hydrogens is 360 g/mol. The molecule has 1 fully saturated rings. The lowest BCUT2D eigenvalue weighted by Gasteiger charge is -2.30. The maximum Gasteiger partial charge on any atom is 0.0574 e. The molecule has 30 heavy (non-hydrogen) atoms. The fraction of sp³-hybridized carbons (Fsp3) is 0.467. The summed E-state index contributed by atoms with van der Waals surface area (Å²) in [6, 6.07) is 0. The SMILES string of the molecule is C#CC(=C)CC(C#C)CCC1(C#C)CC2(CCC(=C)C2)c2c(C)c(C)c(C)c(C)c21. The number of allylic oxidation sites excluding steroid dienone is 2. The summed E-state index contributed by atoms with van der Waals surface area (Å²) in [4.78, 5) is 0. The van der Waals surface area contributed by atoms with Gasteiger partial charge in [0.15, 0.2) is 0 Å². The van der Waals surface area contributed by atoms with Crippen molar-refractivity contribution in [1.82, 2.24) is 0 Å².